The third kappa shape index (κ3) is 6.62. The largest absolute Gasteiger partial charge is 0.493 e. The molecule has 9 nitrogen and oxygen atoms in total. The molecule has 1 fully saturated rings. The van der Waals surface area contributed by atoms with Crippen molar-refractivity contribution in [3.8, 4) is 11.4 Å². The van der Waals surface area contributed by atoms with Gasteiger partial charge in [-0.1, -0.05) is 50.6 Å². The van der Waals surface area contributed by atoms with Gasteiger partial charge in [0, 0.05) is 23.6 Å². The molecule has 0 aliphatic carbocycles. The third-order valence-corrected chi connectivity index (χ3v) is 10.8. The summed E-state index contributed by atoms with van der Waals surface area (Å²) in [5, 5.41) is 13.3. The van der Waals surface area contributed by atoms with Crippen LogP contribution in [0.3, 0.4) is 0 Å². The van der Waals surface area contributed by atoms with Gasteiger partial charge in [-0.05, 0) is 92.4 Å². The zero-order valence-corrected chi connectivity index (χ0v) is 27.1. The maximum atomic E-state index is 14.3. The van der Waals surface area contributed by atoms with E-state index in [0.29, 0.717) is 35.0 Å². The Balaban J connectivity index is 1.28. The average molecular weight is 628 g/mol. The van der Waals surface area contributed by atoms with Crippen molar-refractivity contribution in [3.63, 3.8) is 0 Å². The second kappa shape index (κ2) is 12.3. The number of piperidine rings is 1. The van der Waals surface area contributed by atoms with Gasteiger partial charge in [0.1, 0.15) is 11.6 Å². The first-order chi connectivity index (χ1) is 21.5. The van der Waals surface area contributed by atoms with Crippen molar-refractivity contribution in [1.82, 2.24) is 15.1 Å². The number of aromatic nitrogens is 2. The fourth-order valence-electron chi connectivity index (χ4n) is 6.13. The zero-order valence-electron chi connectivity index (χ0n) is 26.3. The van der Waals surface area contributed by atoms with E-state index in [1.54, 1.807) is 41.1 Å². The minimum Gasteiger partial charge on any atom is -0.493 e. The van der Waals surface area contributed by atoms with E-state index in [2.05, 4.69) is 36.7 Å². The van der Waals surface area contributed by atoms with Crippen molar-refractivity contribution in [1.29, 1.82) is 0 Å². The van der Waals surface area contributed by atoms with E-state index in [1.165, 1.54) is 0 Å². The highest BCUT2D eigenvalue weighted by Gasteiger charge is 2.37. The van der Waals surface area contributed by atoms with Crippen molar-refractivity contribution in [2.75, 3.05) is 30.3 Å². The van der Waals surface area contributed by atoms with Gasteiger partial charge >= 0.3 is 6.03 Å². The molecule has 3 heterocycles. The predicted octanol–water partition coefficient (Wildman–Crippen LogP) is 6.57. The van der Waals surface area contributed by atoms with Gasteiger partial charge < -0.3 is 15.4 Å². The minimum atomic E-state index is -3.74. The van der Waals surface area contributed by atoms with Gasteiger partial charge in [-0.25, -0.2) is 17.9 Å². The molecule has 6 rings (SSSR count). The van der Waals surface area contributed by atoms with Gasteiger partial charge in [0.2, 0.25) is 0 Å². The van der Waals surface area contributed by atoms with Crippen LogP contribution in [0.25, 0.3) is 5.69 Å². The smallest absolute Gasteiger partial charge is 0.324 e. The molecule has 2 amide bonds. The number of nitrogens with zero attached hydrogens (tertiary/aromatic N) is 2. The molecule has 0 spiro atoms. The van der Waals surface area contributed by atoms with Crippen LogP contribution in [0.1, 0.15) is 61.2 Å². The van der Waals surface area contributed by atoms with Crippen molar-refractivity contribution in [3.05, 3.63) is 95.2 Å². The summed E-state index contributed by atoms with van der Waals surface area (Å²) >= 11 is 0. The molecule has 3 N–H and O–H groups in total. The van der Waals surface area contributed by atoms with E-state index in [9.17, 15) is 13.2 Å². The zero-order chi connectivity index (χ0) is 31.8. The Labute approximate surface area is 265 Å². The Kier molecular flexibility index (Phi) is 8.45. The van der Waals surface area contributed by atoms with Crippen LogP contribution in [0.2, 0.25) is 0 Å². The molecule has 2 aliphatic heterocycles. The quantitative estimate of drug-likeness (QED) is 0.214. The SMILES string of the molecule is Cc1ccc(-n2nc(C(C)(C)C)cc2NC(=O)Nc2cccc(C(C3CCNCC3)S(=O)(=O)c3ccc4c(c3)CCO4)c2)cc1. The van der Waals surface area contributed by atoms with E-state index >= 15 is 0 Å². The predicted molar refractivity (Wildman–Crippen MR) is 177 cm³/mol. The van der Waals surface area contributed by atoms with Gasteiger partial charge in [-0.15, -0.1) is 0 Å². The summed E-state index contributed by atoms with van der Waals surface area (Å²) in [6.07, 6.45) is 2.19. The standard InChI is InChI=1S/C35H41N5O4S/c1-23-8-10-28(11-9-23)40-32(22-31(39-40)35(2,3)4)38-34(41)37-27-7-5-6-26(20-27)33(24-14-17-36-18-15-24)45(42,43)29-12-13-30-25(21-29)16-19-44-30/h5-13,20-22,24,33,36H,14-19H2,1-4H3,(H2,37,38,41). The van der Waals surface area contributed by atoms with Gasteiger partial charge in [0.15, 0.2) is 9.84 Å². The van der Waals surface area contributed by atoms with Crippen LogP contribution in [0.15, 0.2) is 77.7 Å². The van der Waals surface area contributed by atoms with Crippen LogP contribution in [-0.4, -0.2) is 43.9 Å². The number of sulfone groups is 1. The number of urea groups is 1. The lowest BCUT2D eigenvalue weighted by Crippen LogP contribution is -2.33. The number of amides is 2. The molecule has 1 unspecified atom stereocenters. The lowest BCUT2D eigenvalue weighted by atomic mass is 9.90. The maximum Gasteiger partial charge on any atom is 0.324 e. The number of benzene rings is 3. The number of nitrogens with one attached hydrogen (secondary N) is 3. The van der Waals surface area contributed by atoms with E-state index in [0.717, 1.165) is 54.2 Å². The topological polar surface area (TPSA) is 114 Å². The average Bonchev–Trinajstić information content (AvgIpc) is 3.65. The number of carbonyl (C=O) groups is 1. The number of fused-ring (bicyclic) bond motifs is 1. The Bertz CT molecular complexity index is 1800. The summed E-state index contributed by atoms with van der Waals surface area (Å²) in [5.74, 6) is 1.22. The van der Waals surface area contributed by atoms with Gasteiger partial charge in [-0.2, -0.15) is 5.10 Å². The highest BCUT2D eigenvalue weighted by atomic mass is 32.2. The summed E-state index contributed by atoms with van der Waals surface area (Å²) in [6.45, 7) is 10.3. The molecule has 4 aromatic rings. The lowest BCUT2D eigenvalue weighted by molar-refractivity contribution is 0.262. The lowest BCUT2D eigenvalue weighted by Gasteiger charge is -2.31. The van der Waals surface area contributed by atoms with Crippen LogP contribution in [0.4, 0.5) is 16.3 Å². The molecular formula is C35H41N5O4S. The molecule has 45 heavy (non-hydrogen) atoms. The summed E-state index contributed by atoms with van der Waals surface area (Å²) in [4.78, 5) is 13.7. The number of ether oxygens (including phenoxy) is 1. The summed E-state index contributed by atoms with van der Waals surface area (Å²) < 4.78 is 36.0. The molecule has 1 atom stereocenters. The summed E-state index contributed by atoms with van der Waals surface area (Å²) in [6, 6.07) is 21.8. The van der Waals surface area contributed by atoms with Crippen LogP contribution >= 0.6 is 0 Å². The fraction of sp³-hybridized carbons (Fsp3) is 0.371. The normalized spacial score (nSPS) is 16.1. The number of anilines is 2. The van der Waals surface area contributed by atoms with E-state index < -0.39 is 21.1 Å². The molecule has 0 radical (unpaired) electrons. The van der Waals surface area contributed by atoms with Crippen molar-refractivity contribution in [2.45, 2.75) is 62.5 Å². The van der Waals surface area contributed by atoms with Crippen LogP contribution < -0.4 is 20.7 Å². The molecular weight excluding hydrogens is 586 g/mol. The van der Waals surface area contributed by atoms with Gasteiger partial charge in [0.25, 0.3) is 0 Å². The highest BCUT2D eigenvalue weighted by molar-refractivity contribution is 7.91. The number of carbonyl (C=O) groups excluding carboxylic acids is 1. The molecule has 3 aromatic carbocycles. The van der Waals surface area contributed by atoms with E-state index in [-0.39, 0.29) is 11.3 Å². The summed E-state index contributed by atoms with van der Waals surface area (Å²) in [5.41, 5.74) is 4.68. The number of hydrogen-bond acceptors (Lipinski definition) is 6. The number of rotatable bonds is 7. The third-order valence-electron chi connectivity index (χ3n) is 8.61. The Morgan fingerprint density at radius 2 is 1.76 bits per heavy atom. The molecule has 1 saturated heterocycles. The number of hydrogen-bond donors (Lipinski definition) is 3. The second-order valence-electron chi connectivity index (χ2n) is 13.0. The first kappa shape index (κ1) is 30.9. The monoisotopic (exact) mass is 627 g/mol. The molecule has 10 heteroatoms. The first-order valence-electron chi connectivity index (χ1n) is 15.5. The molecule has 236 valence electrons. The van der Waals surface area contributed by atoms with E-state index in [1.807, 2.05) is 43.3 Å². The van der Waals surface area contributed by atoms with Crippen molar-refractivity contribution >= 4 is 27.4 Å². The number of aryl methyl sites for hydroxylation is 1. The van der Waals surface area contributed by atoms with Crippen LogP contribution in [-0.2, 0) is 21.7 Å². The maximum absolute atomic E-state index is 14.3. The fourth-order valence-corrected chi connectivity index (χ4v) is 8.27. The minimum absolute atomic E-state index is 0.0653. The Hall–Kier alpha value is -4.15. The molecule has 1 aromatic heterocycles. The Morgan fingerprint density at radius 1 is 1.00 bits per heavy atom. The van der Waals surface area contributed by atoms with Gasteiger partial charge in [-0.3, -0.25) is 5.32 Å². The van der Waals surface area contributed by atoms with Gasteiger partial charge in [0.05, 0.1) is 28.1 Å². The second-order valence-corrected chi connectivity index (χ2v) is 15.1. The van der Waals surface area contributed by atoms with Crippen LogP contribution in [0.5, 0.6) is 5.75 Å². The van der Waals surface area contributed by atoms with Crippen molar-refractivity contribution < 1.29 is 17.9 Å². The van der Waals surface area contributed by atoms with Crippen molar-refractivity contribution in [2.24, 2.45) is 5.92 Å². The highest BCUT2D eigenvalue weighted by Crippen LogP contribution is 2.41. The molecule has 0 bridgehead atoms. The van der Waals surface area contributed by atoms with Crippen LogP contribution in [0, 0.1) is 12.8 Å². The summed E-state index contributed by atoms with van der Waals surface area (Å²) in [7, 11) is -3.74. The molecule has 2 aliphatic rings. The Morgan fingerprint density at radius 3 is 2.49 bits per heavy atom. The van der Waals surface area contributed by atoms with E-state index in [4.69, 9.17) is 9.84 Å². The molecule has 0 saturated carbocycles. The first-order valence-corrected chi connectivity index (χ1v) is 17.1.